The molecule has 1 heterocycles. The number of rotatable bonds is 6. The van der Waals surface area contributed by atoms with Gasteiger partial charge >= 0.3 is 5.97 Å². The Kier molecular flexibility index (Phi) is 4.57. The predicted octanol–water partition coefficient (Wildman–Crippen LogP) is 2.81. The monoisotopic (exact) mass is 296 g/mol. The van der Waals surface area contributed by atoms with Gasteiger partial charge in [-0.25, -0.2) is 0 Å². The maximum Gasteiger partial charge on any atom is 0.303 e. The Morgan fingerprint density at radius 2 is 2.25 bits per heavy atom. The zero-order valence-electron chi connectivity index (χ0n) is 10.8. The molecule has 1 aromatic carbocycles. The number of hydrogen-bond acceptors (Lipinski definition) is 5. The fraction of sp³-hybridized carbons (Fsp3) is 0.308. The van der Waals surface area contributed by atoms with E-state index in [9.17, 15) is 4.79 Å². The van der Waals surface area contributed by atoms with Crippen LogP contribution in [0.5, 0.6) is 5.75 Å². The molecule has 7 heteroatoms. The molecule has 1 N–H and O–H groups in total. The molecule has 0 aliphatic rings. The number of carboxylic acid groups (broad SMARTS) is 1. The summed E-state index contributed by atoms with van der Waals surface area (Å²) in [5, 5.41) is 16.9. The molecule has 0 saturated carbocycles. The van der Waals surface area contributed by atoms with Gasteiger partial charge in [0.2, 0.25) is 5.89 Å². The van der Waals surface area contributed by atoms with E-state index in [-0.39, 0.29) is 6.42 Å². The number of benzene rings is 1. The summed E-state index contributed by atoms with van der Waals surface area (Å²) in [7, 11) is 1.54. The Hall–Kier alpha value is -2.08. The molecular formula is C13H13ClN2O4. The van der Waals surface area contributed by atoms with E-state index in [1.165, 1.54) is 7.11 Å². The second kappa shape index (κ2) is 6.38. The van der Waals surface area contributed by atoms with Crippen molar-refractivity contribution in [3.63, 3.8) is 0 Å². The molecule has 0 fully saturated rings. The van der Waals surface area contributed by atoms with Crippen molar-refractivity contribution in [3.05, 3.63) is 29.1 Å². The molecule has 106 valence electrons. The minimum atomic E-state index is -0.846. The molecule has 0 aliphatic carbocycles. The highest BCUT2D eigenvalue weighted by Gasteiger charge is 2.14. The van der Waals surface area contributed by atoms with Gasteiger partial charge in [-0.15, -0.1) is 10.2 Å². The number of hydrogen-bond donors (Lipinski definition) is 1. The maximum atomic E-state index is 10.4. The molecule has 0 unspecified atom stereocenters. The number of ether oxygens (including phenoxy) is 1. The highest BCUT2D eigenvalue weighted by Crippen LogP contribution is 2.31. The highest BCUT2D eigenvalue weighted by molar-refractivity contribution is 6.30. The van der Waals surface area contributed by atoms with Crippen LogP contribution in [0.3, 0.4) is 0 Å². The van der Waals surface area contributed by atoms with Crippen LogP contribution in [0.1, 0.15) is 18.7 Å². The van der Waals surface area contributed by atoms with Crippen molar-refractivity contribution in [1.29, 1.82) is 0 Å². The summed E-state index contributed by atoms with van der Waals surface area (Å²) in [4.78, 5) is 10.4. The van der Waals surface area contributed by atoms with Crippen molar-refractivity contribution >= 4 is 17.6 Å². The Balaban J connectivity index is 2.16. The Labute approximate surface area is 120 Å². The number of nitrogens with zero attached hydrogens (tertiary/aromatic N) is 2. The van der Waals surface area contributed by atoms with Crippen molar-refractivity contribution in [1.82, 2.24) is 10.2 Å². The lowest BCUT2D eigenvalue weighted by Gasteiger charge is -2.04. The van der Waals surface area contributed by atoms with Gasteiger partial charge in [0.25, 0.3) is 5.89 Å². The minimum Gasteiger partial charge on any atom is -0.496 e. The first-order valence-corrected chi connectivity index (χ1v) is 6.36. The van der Waals surface area contributed by atoms with Crippen LogP contribution < -0.4 is 4.74 Å². The summed E-state index contributed by atoms with van der Waals surface area (Å²) in [5.74, 6) is 0.425. The van der Waals surface area contributed by atoms with Crippen LogP contribution in [0.25, 0.3) is 11.5 Å². The smallest absolute Gasteiger partial charge is 0.303 e. The Morgan fingerprint density at radius 3 is 2.95 bits per heavy atom. The maximum absolute atomic E-state index is 10.4. The average Bonchev–Trinajstić information content (AvgIpc) is 2.87. The molecule has 2 rings (SSSR count). The normalized spacial score (nSPS) is 10.5. The number of aryl methyl sites for hydroxylation is 1. The topological polar surface area (TPSA) is 85.5 Å². The molecule has 20 heavy (non-hydrogen) atoms. The predicted molar refractivity (Wildman–Crippen MR) is 71.9 cm³/mol. The van der Waals surface area contributed by atoms with Crippen LogP contribution >= 0.6 is 11.6 Å². The number of aliphatic carboxylic acids is 1. The molecule has 2 aromatic rings. The molecule has 0 atom stereocenters. The lowest BCUT2D eigenvalue weighted by Crippen LogP contribution is -1.95. The van der Waals surface area contributed by atoms with Crippen molar-refractivity contribution in [2.24, 2.45) is 0 Å². The highest BCUT2D eigenvalue weighted by atomic mass is 35.5. The van der Waals surface area contributed by atoms with E-state index in [4.69, 9.17) is 25.9 Å². The van der Waals surface area contributed by atoms with Crippen LogP contribution in [0.15, 0.2) is 22.6 Å². The summed E-state index contributed by atoms with van der Waals surface area (Å²) in [6.07, 6.45) is 0.935. The van der Waals surface area contributed by atoms with Gasteiger partial charge < -0.3 is 14.3 Å². The summed E-state index contributed by atoms with van der Waals surface area (Å²) >= 11 is 5.94. The number of halogens is 1. The van der Waals surface area contributed by atoms with Crippen LogP contribution in [0.4, 0.5) is 0 Å². The SMILES string of the molecule is COc1ccc(Cl)cc1-c1nnc(CCCC(=O)O)o1. The van der Waals surface area contributed by atoms with E-state index < -0.39 is 5.97 Å². The molecule has 0 bridgehead atoms. The third-order valence-corrected chi connectivity index (χ3v) is 2.88. The third kappa shape index (κ3) is 3.48. The van der Waals surface area contributed by atoms with Gasteiger partial charge in [0.1, 0.15) is 5.75 Å². The van der Waals surface area contributed by atoms with Gasteiger partial charge in [-0.3, -0.25) is 4.79 Å². The van der Waals surface area contributed by atoms with E-state index in [2.05, 4.69) is 10.2 Å². The van der Waals surface area contributed by atoms with E-state index >= 15 is 0 Å². The number of carboxylic acids is 1. The molecule has 6 nitrogen and oxygen atoms in total. The first-order chi connectivity index (χ1) is 9.60. The molecule has 0 spiro atoms. The Morgan fingerprint density at radius 1 is 1.45 bits per heavy atom. The van der Waals surface area contributed by atoms with E-state index in [0.29, 0.717) is 41.0 Å². The summed E-state index contributed by atoms with van der Waals surface area (Å²) in [6, 6.07) is 5.09. The van der Waals surface area contributed by atoms with E-state index in [1.807, 2.05) is 0 Å². The largest absolute Gasteiger partial charge is 0.496 e. The fourth-order valence-corrected chi connectivity index (χ4v) is 1.87. The lowest BCUT2D eigenvalue weighted by atomic mass is 10.2. The van der Waals surface area contributed by atoms with Gasteiger partial charge in [-0.05, 0) is 24.6 Å². The number of carbonyl (C=O) groups is 1. The van der Waals surface area contributed by atoms with Crippen LogP contribution in [-0.2, 0) is 11.2 Å². The van der Waals surface area contributed by atoms with Crippen LogP contribution in [-0.4, -0.2) is 28.4 Å². The molecular weight excluding hydrogens is 284 g/mol. The summed E-state index contributed by atoms with van der Waals surface area (Å²) in [5.41, 5.74) is 0.608. The minimum absolute atomic E-state index is 0.0677. The zero-order valence-corrected chi connectivity index (χ0v) is 11.6. The second-order valence-electron chi connectivity index (χ2n) is 4.09. The van der Waals surface area contributed by atoms with E-state index in [1.54, 1.807) is 18.2 Å². The van der Waals surface area contributed by atoms with Gasteiger partial charge in [0, 0.05) is 17.9 Å². The molecule has 0 amide bonds. The third-order valence-electron chi connectivity index (χ3n) is 2.64. The van der Waals surface area contributed by atoms with Gasteiger partial charge in [-0.2, -0.15) is 0 Å². The number of aromatic nitrogens is 2. The van der Waals surface area contributed by atoms with Gasteiger partial charge in [-0.1, -0.05) is 11.6 Å². The first-order valence-electron chi connectivity index (χ1n) is 5.98. The number of methoxy groups -OCH3 is 1. The molecule has 0 saturated heterocycles. The van der Waals surface area contributed by atoms with Crippen LogP contribution in [0, 0.1) is 0 Å². The molecule has 0 aliphatic heterocycles. The van der Waals surface area contributed by atoms with Crippen molar-refractivity contribution in [2.45, 2.75) is 19.3 Å². The molecule has 0 radical (unpaired) electrons. The van der Waals surface area contributed by atoms with E-state index in [0.717, 1.165) is 0 Å². The second-order valence-corrected chi connectivity index (χ2v) is 4.53. The van der Waals surface area contributed by atoms with Gasteiger partial charge in [0.05, 0.1) is 12.7 Å². The first kappa shape index (κ1) is 14.3. The summed E-state index contributed by atoms with van der Waals surface area (Å²) < 4.78 is 10.7. The van der Waals surface area contributed by atoms with Gasteiger partial charge in [0.15, 0.2) is 0 Å². The Bertz CT molecular complexity index is 612. The van der Waals surface area contributed by atoms with Crippen molar-refractivity contribution in [3.8, 4) is 17.2 Å². The van der Waals surface area contributed by atoms with Crippen LogP contribution in [0.2, 0.25) is 5.02 Å². The zero-order chi connectivity index (χ0) is 14.5. The average molecular weight is 297 g/mol. The standard InChI is InChI=1S/C13H13ClN2O4/c1-19-10-6-5-8(14)7-9(10)13-16-15-11(20-13)3-2-4-12(17)18/h5-7H,2-4H2,1H3,(H,17,18). The van der Waals surface area contributed by atoms with Crippen molar-refractivity contribution < 1.29 is 19.1 Å². The van der Waals surface area contributed by atoms with Crippen molar-refractivity contribution in [2.75, 3.05) is 7.11 Å². The lowest BCUT2D eigenvalue weighted by molar-refractivity contribution is -0.137. The summed E-state index contributed by atoms with van der Waals surface area (Å²) in [6.45, 7) is 0. The fourth-order valence-electron chi connectivity index (χ4n) is 1.70. The molecule has 1 aromatic heterocycles. The quantitative estimate of drug-likeness (QED) is 0.882.